The highest BCUT2D eigenvalue weighted by molar-refractivity contribution is 7.20. The summed E-state index contributed by atoms with van der Waals surface area (Å²) in [6, 6.07) is 16.6. The van der Waals surface area contributed by atoms with Gasteiger partial charge >= 0.3 is 0 Å². The summed E-state index contributed by atoms with van der Waals surface area (Å²) in [7, 11) is 0. The Labute approximate surface area is 159 Å². The number of thiazole rings is 1. The molecule has 4 rings (SSSR count). The number of fused-ring (bicyclic) bond motifs is 1. The van der Waals surface area contributed by atoms with Gasteiger partial charge in [0.05, 0.1) is 10.2 Å². The van der Waals surface area contributed by atoms with Crippen LogP contribution in [-0.2, 0) is 6.42 Å². The lowest BCUT2D eigenvalue weighted by molar-refractivity contribution is 0.251. The molecule has 2 aromatic carbocycles. The van der Waals surface area contributed by atoms with E-state index in [1.165, 1.54) is 37.7 Å². The molecule has 0 saturated heterocycles. The molecule has 0 spiro atoms. The lowest BCUT2D eigenvalue weighted by Crippen LogP contribution is -2.27. The Hall–Kier alpha value is -1.91. The van der Waals surface area contributed by atoms with Crippen molar-refractivity contribution in [3.8, 4) is 10.9 Å². The minimum absolute atomic E-state index is 0.603. The molecule has 1 fully saturated rings. The van der Waals surface area contributed by atoms with E-state index in [2.05, 4.69) is 35.3 Å². The molecule has 1 atom stereocenters. The first kappa shape index (κ1) is 17.5. The first-order chi connectivity index (χ1) is 12.8. The van der Waals surface area contributed by atoms with Crippen LogP contribution in [0.4, 0.5) is 0 Å². The van der Waals surface area contributed by atoms with E-state index in [0.717, 1.165) is 34.8 Å². The summed E-state index contributed by atoms with van der Waals surface area (Å²) in [5.41, 5.74) is 8.43. The van der Waals surface area contributed by atoms with E-state index in [0.29, 0.717) is 11.1 Å². The van der Waals surface area contributed by atoms with Crippen molar-refractivity contribution in [2.75, 3.05) is 6.54 Å². The summed E-state index contributed by atoms with van der Waals surface area (Å²) in [6.07, 6.45) is 7.90. The number of para-hydroxylation sites is 1. The predicted octanol–water partition coefficient (Wildman–Crippen LogP) is 5.79. The molecule has 1 aliphatic carbocycles. The van der Waals surface area contributed by atoms with Crippen molar-refractivity contribution in [2.45, 2.75) is 38.5 Å². The molecule has 1 aromatic heterocycles. The van der Waals surface area contributed by atoms with Crippen molar-refractivity contribution in [3.63, 3.8) is 0 Å². The van der Waals surface area contributed by atoms with Gasteiger partial charge < -0.3 is 10.5 Å². The Balaban J connectivity index is 1.41. The molecule has 0 bridgehead atoms. The highest BCUT2D eigenvalue weighted by atomic mass is 32.1. The third-order valence-electron chi connectivity index (χ3n) is 5.52. The normalized spacial score (nSPS) is 16.7. The zero-order chi connectivity index (χ0) is 17.8. The SMILES string of the molecule is NCC(Cc1ccc(Oc2nc3ccccc3s2)cc1)C1CCCCC1. The molecule has 1 saturated carbocycles. The lowest BCUT2D eigenvalue weighted by atomic mass is 9.77. The second kappa shape index (κ2) is 8.19. The van der Waals surface area contributed by atoms with E-state index in [9.17, 15) is 0 Å². The molecule has 1 unspecified atom stereocenters. The molecule has 26 heavy (non-hydrogen) atoms. The molecular weight excluding hydrogens is 340 g/mol. The summed E-state index contributed by atoms with van der Waals surface area (Å²) in [5, 5.41) is 0.695. The number of ether oxygens (including phenoxy) is 1. The van der Waals surface area contributed by atoms with Gasteiger partial charge in [-0.05, 0) is 54.6 Å². The fourth-order valence-corrected chi connectivity index (χ4v) is 4.87. The number of nitrogens with two attached hydrogens (primary N) is 1. The van der Waals surface area contributed by atoms with Gasteiger partial charge in [0.15, 0.2) is 0 Å². The Morgan fingerprint density at radius 1 is 1.04 bits per heavy atom. The van der Waals surface area contributed by atoms with Crippen LogP contribution in [0.5, 0.6) is 10.9 Å². The van der Waals surface area contributed by atoms with Gasteiger partial charge in [-0.1, -0.05) is 67.7 Å². The fraction of sp³-hybridized carbons (Fsp3) is 0.409. The second-order valence-electron chi connectivity index (χ2n) is 7.29. The maximum atomic E-state index is 6.09. The number of hydrogen-bond acceptors (Lipinski definition) is 4. The molecular formula is C22H26N2OS. The predicted molar refractivity (Wildman–Crippen MR) is 109 cm³/mol. The van der Waals surface area contributed by atoms with Crippen molar-refractivity contribution in [3.05, 3.63) is 54.1 Å². The van der Waals surface area contributed by atoms with E-state index in [1.807, 2.05) is 18.2 Å². The summed E-state index contributed by atoms with van der Waals surface area (Å²) < 4.78 is 7.10. The van der Waals surface area contributed by atoms with Crippen LogP contribution in [0.15, 0.2) is 48.5 Å². The molecule has 3 nitrogen and oxygen atoms in total. The standard InChI is InChI=1S/C22H26N2OS/c23-15-18(17-6-2-1-3-7-17)14-16-10-12-19(13-11-16)25-22-24-20-8-4-5-9-21(20)26-22/h4-5,8-13,17-18H,1-3,6-7,14-15,23H2. The Kier molecular flexibility index (Phi) is 5.51. The molecule has 0 radical (unpaired) electrons. The minimum Gasteiger partial charge on any atom is -0.431 e. The van der Waals surface area contributed by atoms with Gasteiger partial charge in [-0.3, -0.25) is 0 Å². The molecule has 2 N–H and O–H groups in total. The zero-order valence-electron chi connectivity index (χ0n) is 15.1. The molecule has 0 aliphatic heterocycles. The summed E-state index contributed by atoms with van der Waals surface area (Å²) in [6.45, 7) is 0.786. The van der Waals surface area contributed by atoms with Crippen molar-refractivity contribution in [1.29, 1.82) is 0 Å². The van der Waals surface area contributed by atoms with E-state index < -0.39 is 0 Å². The van der Waals surface area contributed by atoms with Crippen LogP contribution in [0, 0.1) is 11.8 Å². The topological polar surface area (TPSA) is 48.1 Å². The quantitative estimate of drug-likeness (QED) is 0.601. The average Bonchev–Trinajstić information content (AvgIpc) is 3.10. The van der Waals surface area contributed by atoms with Crippen LogP contribution >= 0.6 is 11.3 Å². The van der Waals surface area contributed by atoms with Gasteiger partial charge in [0, 0.05) is 0 Å². The second-order valence-corrected chi connectivity index (χ2v) is 8.28. The van der Waals surface area contributed by atoms with Gasteiger partial charge in [0.25, 0.3) is 5.19 Å². The van der Waals surface area contributed by atoms with Gasteiger partial charge in [-0.15, -0.1) is 0 Å². The van der Waals surface area contributed by atoms with Crippen molar-refractivity contribution in [1.82, 2.24) is 4.98 Å². The van der Waals surface area contributed by atoms with Crippen LogP contribution in [-0.4, -0.2) is 11.5 Å². The number of nitrogens with zero attached hydrogens (tertiary/aromatic N) is 1. The van der Waals surface area contributed by atoms with Crippen molar-refractivity contribution >= 4 is 21.6 Å². The van der Waals surface area contributed by atoms with E-state index in [4.69, 9.17) is 10.5 Å². The van der Waals surface area contributed by atoms with E-state index >= 15 is 0 Å². The third kappa shape index (κ3) is 4.08. The minimum atomic E-state index is 0.603. The van der Waals surface area contributed by atoms with Gasteiger partial charge in [-0.25, -0.2) is 4.98 Å². The van der Waals surface area contributed by atoms with Gasteiger partial charge in [0.2, 0.25) is 0 Å². The number of hydrogen-bond donors (Lipinski definition) is 1. The van der Waals surface area contributed by atoms with Crippen LogP contribution in [0.3, 0.4) is 0 Å². The molecule has 136 valence electrons. The maximum Gasteiger partial charge on any atom is 0.279 e. The third-order valence-corrected chi connectivity index (χ3v) is 6.43. The Bertz CT molecular complexity index is 804. The lowest BCUT2D eigenvalue weighted by Gasteiger charge is -2.29. The average molecular weight is 367 g/mol. The number of rotatable bonds is 6. The first-order valence-electron chi connectivity index (χ1n) is 9.64. The van der Waals surface area contributed by atoms with Crippen molar-refractivity contribution in [2.24, 2.45) is 17.6 Å². The van der Waals surface area contributed by atoms with Gasteiger partial charge in [0.1, 0.15) is 5.75 Å². The molecule has 1 heterocycles. The highest BCUT2D eigenvalue weighted by Gasteiger charge is 2.22. The highest BCUT2D eigenvalue weighted by Crippen LogP contribution is 2.33. The van der Waals surface area contributed by atoms with Gasteiger partial charge in [-0.2, -0.15) is 0 Å². The number of aromatic nitrogens is 1. The van der Waals surface area contributed by atoms with Crippen LogP contribution in [0.1, 0.15) is 37.7 Å². The Morgan fingerprint density at radius 3 is 2.54 bits per heavy atom. The largest absolute Gasteiger partial charge is 0.431 e. The molecule has 4 heteroatoms. The summed E-state index contributed by atoms with van der Waals surface area (Å²) in [5.74, 6) is 2.24. The smallest absolute Gasteiger partial charge is 0.279 e. The molecule has 0 amide bonds. The first-order valence-corrected chi connectivity index (χ1v) is 10.5. The molecule has 3 aromatic rings. The monoisotopic (exact) mass is 366 g/mol. The van der Waals surface area contributed by atoms with E-state index in [-0.39, 0.29) is 0 Å². The summed E-state index contributed by atoms with van der Waals surface area (Å²) in [4.78, 5) is 4.53. The van der Waals surface area contributed by atoms with Crippen LogP contribution in [0.2, 0.25) is 0 Å². The fourth-order valence-electron chi connectivity index (χ4n) is 4.04. The molecule has 1 aliphatic rings. The zero-order valence-corrected chi connectivity index (χ0v) is 15.9. The Morgan fingerprint density at radius 2 is 1.81 bits per heavy atom. The maximum absolute atomic E-state index is 6.09. The van der Waals surface area contributed by atoms with Crippen molar-refractivity contribution < 1.29 is 4.74 Å². The number of benzene rings is 2. The van der Waals surface area contributed by atoms with Crippen LogP contribution in [0.25, 0.3) is 10.2 Å². The summed E-state index contributed by atoms with van der Waals surface area (Å²) >= 11 is 1.58. The van der Waals surface area contributed by atoms with Crippen LogP contribution < -0.4 is 10.5 Å². The van der Waals surface area contributed by atoms with E-state index in [1.54, 1.807) is 11.3 Å².